The van der Waals surface area contributed by atoms with Crippen LogP contribution in [0.1, 0.15) is 37.6 Å². The van der Waals surface area contributed by atoms with Crippen molar-refractivity contribution < 1.29 is 23.1 Å². The van der Waals surface area contributed by atoms with Gasteiger partial charge in [0.1, 0.15) is 5.71 Å². The van der Waals surface area contributed by atoms with Gasteiger partial charge in [0.2, 0.25) is 0 Å². The van der Waals surface area contributed by atoms with E-state index in [0.29, 0.717) is 5.01 Å². The first-order valence-corrected chi connectivity index (χ1v) is 7.22. The molecule has 2 rings (SSSR count). The molecule has 1 heterocycles. The molecule has 1 aliphatic rings. The smallest absolute Gasteiger partial charge is 0.368 e. The molecule has 1 amide bonds. The van der Waals surface area contributed by atoms with Gasteiger partial charge in [-0.2, -0.15) is 23.3 Å². The number of amides is 1. The standard InChI is InChI=1S/C15H16ClF3N2O2/c1-13(2,3)14(23)8-11(15(17,18)19)20-21(14)12(22)9-6-4-5-7-10(9)16/h4-7,23H,8H2,1-3H3. The summed E-state index contributed by atoms with van der Waals surface area (Å²) in [5.41, 5.74) is -4.38. The number of hydrazone groups is 1. The summed E-state index contributed by atoms with van der Waals surface area (Å²) < 4.78 is 39.0. The minimum absolute atomic E-state index is 0.0241. The van der Waals surface area contributed by atoms with Crippen LogP contribution in [-0.4, -0.2) is 33.6 Å². The molecule has 0 radical (unpaired) electrons. The molecule has 1 unspecified atom stereocenters. The van der Waals surface area contributed by atoms with Crippen LogP contribution in [0.4, 0.5) is 13.2 Å². The quantitative estimate of drug-likeness (QED) is 0.838. The summed E-state index contributed by atoms with van der Waals surface area (Å²) in [6, 6.07) is 5.92. The summed E-state index contributed by atoms with van der Waals surface area (Å²) in [5.74, 6) is -0.882. The fourth-order valence-electron chi connectivity index (χ4n) is 2.25. The maximum absolute atomic E-state index is 13.0. The fraction of sp³-hybridized carbons (Fsp3) is 0.467. The second-order valence-corrected chi connectivity index (χ2v) is 6.79. The van der Waals surface area contributed by atoms with Crippen molar-refractivity contribution in [3.63, 3.8) is 0 Å². The summed E-state index contributed by atoms with van der Waals surface area (Å²) in [4.78, 5) is 12.6. The number of nitrogens with zero attached hydrogens (tertiary/aromatic N) is 2. The Labute approximate surface area is 136 Å². The van der Waals surface area contributed by atoms with Crippen LogP contribution in [0.15, 0.2) is 29.4 Å². The lowest BCUT2D eigenvalue weighted by Crippen LogP contribution is -2.55. The van der Waals surface area contributed by atoms with Crippen molar-refractivity contribution in [1.29, 1.82) is 0 Å². The van der Waals surface area contributed by atoms with Gasteiger partial charge >= 0.3 is 6.18 Å². The zero-order chi connectivity index (χ0) is 17.6. The monoisotopic (exact) mass is 348 g/mol. The Morgan fingerprint density at radius 3 is 2.35 bits per heavy atom. The number of benzene rings is 1. The van der Waals surface area contributed by atoms with Gasteiger partial charge in [0.15, 0.2) is 5.72 Å². The molecule has 0 spiro atoms. The highest BCUT2D eigenvalue weighted by Crippen LogP contribution is 2.44. The van der Waals surface area contributed by atoms with Gasteiger partial charge in [-0.25, -0.2) is 0 Å². The lowest BCUT2D eigenvalue weighted by Gasteiger charge is -2.41. The van der Waals surface area contributed by atoms with Gasteiger partial charge in [-0.1, -0.05) is 44.5 Å². The van der Waals surface area contributed by atoms with E-state index in [2.05, 4.69) is 5.10 Å². The normalized spacial score (nSPS) is 22.3. The average molecular weight is 349 g/mol. The maximum atomic E-state index is 13.0. The van der Waals surface area contributed by atoms with Gasteiger partial charge in [0.05, 0.1) is 10.6 Å². The second-order valence-electron chi connectivity index (χ2n) is 6.38. The third kappa shape index (κ3) is 3.07. The first-order valence-electron chi connectivity index (χ1n) is 6.84. The van der Waals surface area contributed by atoms with E-state index in [1.54, 1.807) is 6.07 Å². The van der Waals surface area contributed by atoms with E-state index >= 15 is 0 Å². The molecule has 4 nitrogen and oxygen atoms in total. The SMILES string of the molecule is CC(C)(C)C1(O)CC(C(F)(F)F)=NN1C(=O)c1ccccc1Cl. The molecule has 0 aliphatic carbocycles. The maximum Gasteiger partial charge on any atom is 0.431 e. The Morgan fingerprint density at radius 1 is 1.30 bits per heavy atom. The van der Waals surface area contributed by atoms with Gasteiger partial charge in [-0.3, -0.25) is 4.79 Å². The molecule has 1 N–H and O–H groups in total. The molecule has 0 fully saturated rings. The first-order chi connectivity index (χ1) is 10.4. The molecule has 23 heavy (non-hydrogen) atoms. The highest BCUT2D eigenvalue weighted by molar-refractivity contribution is 6.33. The van der Waals surface area contributed by atoms with Crippen molar-refractivity contribution in [3.8, 4) is 0 Å². The third-order valence-electron chi connectivity index (χ3n) is 3.81. The third-order valence-corrected chi connectivity index (χ3v) is 4.14. The predicted octanol–water partition coefficient (Wildman–Crippen LogP) is 3.84. The van der Waals surface area contributed by atoms with Crippen molar-refractivity contribution in [2.45, 2.75) is 39.1 Å². The van der Waals surface area contributed by atoms with Crippen LogP contribution in [0.3, 0.4) is 0 Å². The van der Waals surface area contributed by atoms with Crippen molar-refractivity contribution in [2.24, 2.45) is 10.5 Å². The van der Waals surface area contributed by atoms with Crippen LogP contribution < -0.4 is 0 Å². The van der Waals surface area contributed by atoms with Crippen LogP contribution in [0.2, 0.25) is 5.02 Å². The number of halogens is 4. The minimum atomic E-state index is -4.73. The van der Waals surface area contributed by atoms with Crippen molar-refractivity contribution in [2.75, 3.05) is 0 Å². The first kappa shape index (κ1) is 17.7. The largest absolute Gasteiger partial charge is 0.431 e. The topological polar surface area (TPSA) is 52.9 Å². The number of carbonyl (C=O) groups is 1. The zero-order valence-corrected chi connectivity index (χ0v) is 13.5. The Morgan fingerprint density at radius 2 is 1.87 bits per heavy atom. The lowest BCUT2D eigenvalue weighted by molar-refractivity contribution is -0.144. The van der Waals surface area contributed by atoms with Gasteiger partial charge in [0.25, 0.3) is 5.91 Å². The Bertz CT molecular complexity index is 667. The van der Waals surface area contributed by atoms with Crippen LogP contribution in [0, 0.1) is 5.41 Å². The number of alkyl halides is 3. The number of aliphatic hydroxyl groups is 1. The molecule has 0 saturated heterocycles. The predicted molar refractivity (Wildman–Crippen MR) is 80.1 cm³/mol. The summed E-state index contributed by atoms with van der Waals surface area (Å²) in [7, 11) is 0. The molecule has 0 bridgehead atoms. The number of carbonyl (C=O) groups excluding carboxylic acids is 1. The van der Waals surface area contributed by atoms with Gasteiger partial charge < -0.3 is 5.11 Å². The molecule has 0 aromatic heterocycles. The van der Waals surface area contributed by atoms with E-state index in [1.165, 1.54) is 39.0 Å². The van der Waals surface area contributed by atoms with Gasteiger partial charge in [-0.15, -0.1) is 0 Å². The molecule has 1 atom stereocenters. The summed E-state index contributed by atoms with van der Waals surface area (Å²) in [6.07, 6.45) is -5.52. The Balaban J connectivity index is 2.53. The fourth-order valence-corrected chi connectivity index (χ4v) is 2.47. The molecule has 1 aromatic carbocycles. The lowest BCUT2D eigenvalue weighted by atomic mass is 9.80. The van der Waals surface area contributed by atoms with Crippen molar-refractivity contribution in [1.82, 2.24) is 5.01 Å². The number of hydrogen-bond acceptors (Lipinski definition) is 3. The minimum Gasteiger partial charge on any atom is -0.368 e. The van der Waals surface area contributed by atoms with E-state index in [-0.39, 0.29) is 10.6 Å². The molecule has 1 aliphatic heterocycles. The van der Waals surface area contributed by atoms with E-state index in [1.807, 2.05) is 0 Å². The van der Waals surface area contributed by atoms with Crippen LogP contribution in [0.25, 0.3) is 0 Å². The van der Waals surface area contributed by atoms with E-state index in [9.17, 15) is 23.1 Å². The number of rotatable bonds is 1. The zero-order valence-electron chi connectivity index (χ0n) is 12.8. The van der Waals surface area contributed by atoms with Crippen LogP contribution in [-0.2, 0) is 0 Å². The van der Waals surface area contributed by atoms with Crippen molar-refractivity contribution in [3.05, 3.63) is 34.9 Å². The molecule has 0 saturated carbocycles. The summed E-state index contributed by atoms with van der Waals surface area (Å²) >= 11 is 5.93. The van der Waals surface area contributed by atoms with E-state index in [0.717, 1.165) is 0 Å². The van der Waals surface area contributed by atoms with Crippen LogP contribution >= 0.6 is 11.6 Å². The molecular formula is C15H16ClF3N2O2. The van der Waals surface area contributed by atoms with Gasteiger partial charge in [-0.05, 0) is 12.1 Å². The van der Waals surface area contributed by atoms with Gasteiger partial charge in [0, 0.05) is 11.8 Å². The Hall–Kier alpha value is -1.60. The second kappa shape index (κ2) is 5.49. The van der Waals surface area contributed by atoms with E-state index < -0.39 is 35.4 Å². The highest BCUT2D eigenvalue weighted by Gasteiger charge is 2.57. The molecule has 126 valence electrons. The van der Waals surface area contributed by atoms with Crippen molar-refractivity contribution >= 4 is 23.2 Å². The van der Waals surface area contributed by atoms with E-state index in [4.69, 9.17) is 11.6 Å². The Kier molecular flexibility index (Phi) is 4.24. The highest BCUT2D eigenvalue weighted by atomic mass is 35.5. The molecular weight excluding hydrogens is 333 g/mol. The summed E-state index contributed by atoms with van der Waals surface area (Å²) in [6.45, 7) is 4.61. The summed E-state index contributed by atoms with van der Waals surface area (Å²) in [5, 5.41) is 14.7. The van der Waals surface area contributed by atoms with Crippen LogP contribution in [0.5, 0.6) is 0 Å². The number of hydrogen-bond donors (Lipinski definition) is 1. The average Bonchev–Trinajstić information content (AvgIpc) is 2.77. The molecule has 8 heteroatoms. The molecule has 1 aromatic rings.